The molecule has 0 amide bonds. The van der Waals surface area contributed by atoms with Gasteiger partial charge in [-0.05, 0) is 13.8 Å². The second kappa shape index (κ2) is 7.26. The monoisotopic (exact) mass is 335 g/mol. The summed E-state index contributed by atoms with van der Waals surface area (Å²) in [5.41, 5.74) is 8.73. The van der Waals surface area contributed by atoms with Crippen LogP contribution in [0.25, 0.3) is 0 Å². The standard InChI is InChI=1S/C10H17N5.HI/c1-4-5-12-10(11)13-6-9-7(2)14-15-8(9)3;/h4H,1,5-6H2,2-3H3,(H,14,15)(H3,11,12,13);1H. The molecule has 90 valence electrons. The Morgan fingerprint density at radius 3 is 2.81 bits per heavy atom. The predicted molar refractivity (Wildman–Crippen MR) is 77.0 cm³/mol. The van der Waals surface area contributed by atoms with Crippen molar-refractivity contribution in [2.24, 2.45) is 10.7 Å². The van der Waals surface area contributed by atoms with Gasteiger partial charge >= 0.3 is 0 Å². The molecule has 0 aliphatic carbocycles. The van der Waals surface area contributed by atoms with Crippen molar-refractivity contribution in [3.8, 4) is 0 Å². The number of nitrogens with one attached hydrogen (secondary N) is 2. The summed E-state index contributed by atoms with van der Waals surface area (Å²) < 4.78 is 0. The maximum atomic E-state index is 5.64. The lowest BCUT2D eigenvalue weighted by Gasteiger charge is -2.02. The quantitative estimate of drug-likeness (QED) is 0.335. The topological polar surface area (TPSA) is 79.1 Å². The predicted octanol–water partition coefficient (Wildman–Crippen LogP) is 1.23. The molecule has 0 bridgehead atoms. The Kier molecular flexibility index (Phi) is 6.78. The van der Waals surface area contributed by atoms with Crippen LogP contribution in [-0.2, 0) is 6.54 Å². The average Bonchev–Trinajstić information content (AvgIpc) is 2.53. The van der Waals surface area contributed by atoms with Gasteiger partial charge in [0.1, 0.15) is 0 Å². The fourth-order valence-corrected chi connectivity index (χ4v) is 1.20. The number of rotatable bonds is 4. The van der Waals surface area contributed by atoms with Crippen molar-refractivity contribution in [3.05, 3.63) is 29.6 Å². The molecule has 0 unspecified atom stereocenters. The summed E-state index contributed by atoms with van der Waals surface area (Å²) in [4.78, 5) is 4.20. The van der Waals surface area contributed by atoms with Crippen molar-refractivity contribution >= 4 is 29.9 Å². The van der Waals surface area contributed by atoms with Crippen molar-refractivity contribution in [2.45, 2.75) is 20.4 Å². The van der Waals surface area contributed by atoms with Crippen LogP contribution in [0.2, 0.25) is 0 Å². The first-order valence-corrected chi connectivity index (χ1v) is 4.80. The summed E-state index contributed by atoms with van der Waals surface area (Å²) in [5.74, 6) is 0.426. The smallest absolute Gasteiger partial charge is 0.189 e. The summed E-state index contributed by atoms with van der Waals surface area (Å²) >= 11 is 0. The maximum Gasteiger partial charge on any atom is 0.189 e. The fraction of sp³-hybridized carbons (Fsp3) is 0.400. The molecule has 0 aliphatic rings. The van der Waals surface area contributed by atoms with Crippen LogP contribution in [0, 0.1) is 13.8 Å². The van der Waals surface area contributed by atoms with Gasteiger partial charge in [0.25, 0.3) is 0 Å². The summed E-state index contributed by atoms with van der Waals surface area (Å²) in [5, 5.41) is 9.90. The number of nitrogens with zero attached hydrogens (tertiary/aromatic N) is 2. The van der Waals surface area contributed by atoms with E-state index in [9.17, 15) is 0 Å². The number of guanidine groups is 1. The molecule has 0 aromatic carbocycles. The Balaban J connectivity index is 0.00000225. The molecule has 1 aromatic rings. The van der Waals surface area contributed by atoms with E-state index in [4.69, 9.17) is 5.73 Å². The van der Waals surface area contributed by atoms with Gasteiger partial charge in [-0.1, -0.05) is 6.08 Å². The van der Waals surface area contributed by atoms with Crippen LogP contribution in [0.15, 0.2) is 17.6 Å². The molecule has 4 N–H and O–H groups in total. The van der Waals surface area contributed by atoms with E-state index >= 15 is 0 Å². The lowest BCUT2D eigenvalue weighted by Crippen LogP contribution is -2.31. The summed E-state index contributed by atoms with van der Waals surface area (Å²) in [6.07, 6.45) is 1.73. The van der Waals surface area contributed by atoms with E-state index in [-0.39, 0.29) is 24.0 Å². The molecule has 0 saturated heterocycles. The number of hydrogen-bond donors (Lipinski definition) is 3. The normalized spacial score (nSPS) is 10.8. The first-order chi connectivity index (χ1) is 7.15. The summed E-state index contributed by atoms with van der Waals surface area (Å²) in [7, 11) is 0. The molecular weight excluding hydrogens is 317 g/mol. The van der Waals surface area contributed by atoms with Crippen molar-refractivity contribution in [2.75, 3.05) is 6.54 Å². The van der Waals surface area contributed by atoms with Crippen LogP contribution in [-0.4, -0.2) is 22.7 Å². The number of nitrogens with two attached hydrogens (primary N) is 1. The number of aryl methyl sites for hydroxylation is 2. The van der Waals surface area contributed by atoms with Crippen molar-refractivity contribution < 1.29 is 0 Å². The average molecular weight is 335 g/mol. The van der Waals surface area contributed by atoms with E-state index in [0.717, 1.165) is 17.0 Å². The molecule has 16 heavy (non-hydrogen) atoms. The number of H-pyrrole nitrogens is 1. The van der Waals surface area contributed by atoms with Gasteiger partial charge in [0, 0.05) is 17.8 Å². The number of halogens is 1. The van der Waals surface area contributed by atoms with Gasteiger partial charge < -0.3 is 11.1 Å². The molecule has 0 radical (unpaired) electrons. The van der Waals surface area contributed by atoms with Crippen LogP contribution < -0.4 is 11.1 Å². The molecule has 6 heteroatoms. The molecule has 0 spiro atoms. The minimum absolute atomic E-state index is 0. The van der Waals surface area contributed by atoms with Gasteiger partial charge in [-0.2, -0.15) is 5.10 Å². The van der Waals surface area contributed by atoms with E-state index < -0.39 is 0 Å². The zero-order chi connectivity index (χ0) is 11.3. The highest BCUT2D eigenvalue weighted by Gasteiger charge is 2.04. The summed E-state index contributed by atoms with van der Waals surface area (Å²) in [6.45, 7) is 8.67. The third-order valence-electron chi connectivity index (χ3n) is 2.12. The number of aromatic nitrogens is 2. The Morgan fingerprint density at radius 2 is 2.31 bits per heavy atom. The van der Waals surface area contributed by atoms with E-state index in [1.54, 1.807) is 6.08 Å². The number of aromatic amines is 1. The molecule has 0 aliphatic heterocycles. The van der Waals surface area contributed by atoms with Gasteiger partial charge in [0.15, 0.2) is 5.96 Å². The third-order valence-corrected chi connectivity index (χ3v) is 2.12. The highest BCUT2D eigenvalue weighted by Crippen LogP contribution is 2.09. The maximum absolute atomic E-state index is 5.64. The first-order valence-electron chi connectivity index (χ1n) is 4.80. The molecule has 0 fully saturated rings. The largest absolute Gasteiger partial charge is 0.370 e. The van der Waals surface area contributed by atoms with E-state index in [2.05, 4.69) is 27.1 Å². The Bertz CT molecular complexity index is 350. The zero-order valence-corrected chi connectivity index (χ0v) is 11.9. The SMILES string of the molecule is C=CCNC(N)=NCc1c(C)n[nH]c1C.I. The Labute approximate surface area is 113 Å². The van der Waals surface area contributed by atoms with Gasteiger partial charge in [-0.3, -0.25) is 5.10 Å². The minimum atomic E-state index is 0. The second-order valence-corrected chi connectivity index (χ2v) is 3.28. The Hall–Kier alpha value is -1.05. The van der Waals surface area contributed by atoms with E-state index in [0.29, 0.717) is 19.0 Å². The number of aliphatic imine (C=N–C) groups is 1. The highest BCUT2D eigenvalue weighted by atomic mass is 127. The van der Waals surface area contributed by atoms with Crippen molar-refractivity contribution in [1.29, 1.82) is 0 Å². The minimum Gasteiger partial charge on any atom is -0.370 e. The van der Waals surface area contributed by atoms with Crippen molar-refractivity contribution in [3.63, 3.8) is 0 Å². The van der Waals surface area contributed by atoms with Crippen LogP contribution in [0.1, 0.15) is 17.0 Å². The van der Waals surface area contributed by atoms with E-state index in [1.165, 1.54) is 0 Å². The molecule has 0 saturated carbocycles. The van der Waals surface area contributed by atoms with Gasteiger partial charge in [0.05, 0.1) is 12.2 Å². The molecule has 1 rings (SSSR count). The molecule has 5 nitrogen and oxygen atoms in total. The van der Waals surface area contributed by atoms with Crippen LogP contribution in [0.5, 0.6) is 0 Å². The van der Waals surface area contributed by atoms with Crippen LogP contribution in [0.4, 0.5) is 0 Å². The highest BCUT2D eigenvalue weighted by molar-refractivity contribution is 14.0. The Morgan fingerprint density at radius 1 is 1.62 bits per heavy atom. The number of hydrogen-bond acceptors (Lipinski definition) is 2. The third kappa shape index (κ3) is 4.21. The fourth-order valence-electron chi connectivity index (χ4n) is 1.20. The molecule has 1 aromatic heterocycles. The lowest BCUT2D eigenvalue weighted by atomic mass is 10.2. The first kappa shape index (κ1) is 14.9. The second-order valence-electron chi connectivity index (χ2n) is 3.28. The zero-order valence-electron chi connectivity index (χ0n) is 9.58. The van der Waals surface area contributed by atoms with Gasteiger partial charge in [-0.25, -0.2) is 4.99 Å². The van der Waals surface area contributed by atoms with Crippen LogP contribution >= 0.6 is 24.0 Å². The molecular formula is C10H18IN5. The van der Waals surface area contributed by atoms with E-state index in [1.807, 2.05) is 13.8 Å². The molecule has 1 heterocycles. The van der Waals surface area contributed by atoms with Crippen LogP contribution in [0.3, 0.4) is 0 Å². The van der Waals surface area contributed by atoms with Gasteiger partial charge in [-0.15, -0.1) is 30.6 Å². The molecule has 0 atom stereocenters. The van der Waals surface area contributed by atoms with Gasteiger partial charge in [0.2, 0.25) is 0 Å². The summed E-state index contributed by atoms with van der Waals surface area (Å²) in [6, 6.07) is 0. The van der Waals surface area contributed by atoms with Crippen molar-refractivity contribution in [1.82, 2.24) is 15.5 Å². The lowest BCUT2D eigenvalue weighted by molar-refractivity contribution is 0.959.